The van der Waals surface area contributed by atoms with E-state index in [1.54, 1.807) is 0 Å². The van der Waals surface area contributed by atoms with Crippen molar-refractivity contribution in [2.45, 2.75) is 44.3 Å². The van der Waals surface area contributed by atoms with Gasteiger partial charge >= 0.3 is 0 Å². The van der Waals surface area contributed by atoms with Crippen LogP contribution >= 0.6 is 0 Å². The number of fused-ring (bicyclic) bond motifs is 3. The summed E-state index contributed by atoms with van der Waals surface area (Å²) in [6.45, 7) is 3.23. The molecular formula is C26H32N2O3. The van der Waals surface area contributed by atoms with Gasteiger partial charge in [-0.15, -0.1) is 0 Å². The van der Waals surface area contributed by atoms with Crippen molar-refractivity contribution >= 4 is 5.78 Å². The number of carbonyl (C=O) groups is 1. The van der Waals surface area contributed by atoms with Crippen LogP contribution in [0, 0.1) is 17.3 Å². The van der Waals surface area contributed by atoms with Crippen LogP contribution in [0.15, 0.2) is 59.7 Å². The van der Waals surface area contributed by atoms with Gasteiger partial charge in [0.15, 0.2) is 5.78 Å². The Kier molecular flexibility index (Phi) is 5.14. The summed E-state index contributed by atoms with van der Waals surface area (Å²) in [6, 6.07) is 4.16. The van der Waals surface area contributed by atoms with Gasteiger partial charge in [-0.1, -0.05) is 25.1 Å². The molecule has 0 amide bonds. The van der Waals surface area contributed by atoms with Crippen LogP contribution < -0.4 is 0 Å². The molecule has 0 bridgehead atoms. The summed E-state index contributed by atoms with van der Waals surface area (Å²) >= 11 is 0. The van der Waals surface area contributed by atoms with Gasteiger partial charge in [-0.3, -0.25) is 9.78 Å². The molecule has 1 saturated carbocycles. The number of rotatable bonds is 4. The van der Waals surface area contributed by atoms with Crippen molar-refractivity contribution in [1.29, 1.82) is 0 Å². The Bertz CT molecular complexity index is 964. The molecule has 5 heteroatoms. The summed E-state index contributed by atoms with van der Waals surface area (Å²) in [5, 5.41) is 0. The fourth-order valence-electron chi connectivity index (χ4n) is 6.41. The zero-order valence-electron chi connectivity index (χ0n) is 18.9. The molecule has 0 spiro atoms. The van der Waals surface area contributed by atoms with E-state index in [2.05, 4.69) is 55.2 Å². The van der Waals surface area contributed by atoms with Gasteiger partial charge in [0.05, 0.1) is 11.7 Å². The van der Waals surface area contributed by atoms with E-state index in [-0.39, 0.29) is 35.2 Å². The maximum absolute atomic E-state index is 12.9. The summed E-state index contributed by atoms with van der Waals surface area (Å²) in [5.74, 6) is 1.95. The maximum atomic E-state index is 12.9. The number of carbonyl (C=O) groups excluding carboxylic acids is 1. The highest BCUT2D eigenvalue weighted by Gasteiger charge is 2.57. The lowest BCUT2D eigenvalue weighted by Crippen LogP contribution is -2.41. The molecule has 1 aliphatic heterocycles. The fourth-order valence-corrected chi connectivity index (χ4v) is 6.41. The van der Waals surface area contributed by atoms with E-state index in [0.29, 0.717) is 12.3 Å². The number of Topliss-reactive ketones (excluding diaryl/α,β-unsaturated/α-hetero) is 1. The number of pyridine rings is 1. The molecule has 0 saturated heterocycles. The molecule has 0 radical (unpaired) electrons. The predicted octanol–water partition coefficient (Wildman–Crippen LogP) is 3.90. The lowest BCUT2D eigenvalue weighted by molar-refractivity contribution is -0.117. The van der Waals surface area contributed by atoms with Crippen LogP contribution in [0.25, 0.3) is 0 Å². The average molecular weight is 421 g/mol. The molecule has 0 N–H and O–H groups in total. The number of ether oxygens (including phenoxy) is 2. The molecule has 0 aromatic carbocycles. The zero-order valence-corrected chi connectivity index (χ0v) is 18.9. The molecule has 1 unspecified atom stereocenters. The largest absolute Gasteiger partial charge is 0.489 e. The zero-order chi connectivity index (χ0) is 21.8. The minimum absolute atomic E-state index is 0.0287. The summed E-state index contributed by atoms with van der Waals surface area (Å²) in [6.07, 6.45) is 12.9. The highest BCUT2D eigenvalue weighted by molar-refractivity contribution is 6.00. The number of aromatic nitrogens is 1. The second-order valence-electron chi connectivity index (χ2n) is 10.1. The van der Waals surface area contributed by atoms with Gasteiger partial charge in [-0.05, 0) is 49.7 Å². The maximum Gasteiger partial charge on any atom is 0.166 e. The van der Waals surface area contributed by atoms with Gasteiger partial charge in [0.2, 0.25) is 0 Å². The Hall–Kier alpha value is -2.24. The second kappa shape index (κ2) is 7.72. The minimum Gasteiger partial charge on any atom is -0.489 e. The first-order valence-electron chi connectivity index (χ1n) is 11.3. The molecule has 4 aliphatic rings. The Morgan fingerprint density at radius 2 is 2.16 bits per heavy atom. The van der Waals surface area contributed by atoms with Crippen LogP contribution in [0.2, 0.25) is 0 Å². The van der Waals surface area contributed by atoms with Crippen molar-refractivity contribution in [2.75, 3.05) is 27.7 Å². The number of hydrogen-bond donors (Lipinski definition) is 0. The highest BCUT2D eigenvalue weighted by Crippen LogP contribution is 2.60. The Morgan fingerprint density at radius 1 is 1.32 bits per heavy atom. The molecule has 5 rings (SSSR count). The van der Waals surface area contributed by atoms with Crippen LogP contribution in [-0.2, 0) is 14.3 Å². The topological polar surface area (TPSA) is 51.7 Å². The smallest absolute Gasteiger partial charge is 0.166 e. The van der Waals surface area contributed by atoms with Crippen LogP contribution in [0.5, 0.6) is 0 Å². The molecule has 5 nitrogen and oxygen atoms in total. The Labute approximate surface area is 184 Å². The first-order valence-corrected chi connectivity index (χ1v) is 11.3. The van der Waals surface area contributed by atoms with E-state index in [9.17, 15) is 4.79 Å². The lowest BCUT2D eigenvalue weighted by atomic mass is 9.64. The molecule has 1 aromatic rings. The molecule has 6 atom stereocenters. The third-order valence-corrected chi connectivity index (χ3v) is 7.75. The van der Waals surface area contributed by atoms with Gasteiger partial charge in [-0.25, -0.2) is 0 Å². The van der Waals surface area contributed by atoms with E-state index >= 15 is 0 Å². The van der Waals surface area contributed by atoms with E-state index < -0.39 is 0 Å². The van der Waals surface area contributed by atoms with E-state index in [1.807, 2.05) is 25.6 Å². The standard InChI is InChI=1S/C26H32N2O3/c1-26-8-7-17-12-19-21(29)10-16(15-28(2)3)11-22(19)31-25(17)20(26)13-23(30-4)24(26)18-6-5-9-27-14-18/h5-9,12,14,16,20,23-25H,10-11,13,15H2,1-4H3/t16?,20-,23+,24-,25+,26-/m0/s1. The van der Waals surface area contributed by atoms with Crippen LogP contribution in [0.3, 0.4) is 0 Å². The first kappa shape index (κ1) is 20.7. The monoisotopic (exact) mass is 420 g/mol. The quantitative estimate of drug-likeness (QED) is 0.740. The molecule has 31 heavy (non-hydrogen) atoms. The lowest BCUT2D eigenvalue weighted by Gasteiger charge is -2.44. The SMILES string of the molecule is CO[C@@H]1C[C@H]2[C@@H]3OC4=C(C=C3C=C[C@]2(C)[C@H]1c1cccnc1)C(=O)CC(CN(C)C)C4. The molecule has 3 aliphatic carbocycles. The van der Waals surface area contributed by atoms with Gasteiger partial charge in [0.1, 0.15) is 11.9 Å². The summed E-state index contributed by atoms with van der Waals surface area (Å²) in [7, 11) is 5.93. The van der Waals surface area contributed by atoms with Crippen LogP contribution in [0.1, 0.15) is 37.7 Å². The minimum atomic E-state index is -0.0918. The summed E-state index contributed by atoms with van der Waals surface area (Å²) in [4.78, 5) is 19.4. The number of nitrogens with zero attached hydrogens (tertiary/aromatic N) is 2. The van der Waals surface area contributed by atoms with Crippen LogP contribution in [0.4, 0.5) is 0 Å². The number of ketones is 1. The van der Waals surface area contributed by atoms with Crippen molar-refractivity contribution in [1.82, 2.24) is 9.88 Å². The third kappa shape index (κ3) is 3.39. The molecule has 1 fully saturated rings. The predicted molar refractivity (Wildman–Crippen MR) is 119 cm³/mol. The fraction of sp³-hybridized carbons (Fsp3) is 0.538. The number of hydrogen-bond acceptors (Lipinski definition) is 5. The number of methoxy groups -OCH3 is 1. The summed E-state index contributed by atoms with van der Waals surface area (Å²) in [5.41, 5.74) is 3.04. The van der Waals surface area contributed by atoms with Gasteiger partial charge < -0.3 is 14.4 Å². The highest BCUT2D eigenvalue weighted by atomic mass is 16.5. The molecule has 164 valence electrons. The summed E-state index contributed by atoms with van der Waals surface area (Å²) < 4.78 is 12.7. The van der Waals surface area contributed by atoms with E-state index in [1.165, 1.54) is 5.56 Å². The van der Waals surface area contributed by atoms with E-state index in [4.69, 9.17) is 9.47 Å². The average Bonchev–Trinajstić information content (AvgIpc) is 3.05. The van der Waals surface area contributed by atoms with Gasteiger partial charge in [0.25, 0.3) is 0 Å². The van der Waals surface area contributed by atoms with Crippen molar-refractivity contribution in [3.63, 3.8) is 0 Å². The van der Waals surface area contributed by atoms with E-state index in [0.717, 1.165) is 36.3 Å². The van der Waals surface area contributed by atoms with Gasteiger partial charge in [-0.2, -0.15) is 0 Å². The van der Waals surface area contributed by atoms with Crippen molar-refractivity contribution in [3.8, 4) is 0 Å². The Morgan fingerprint density at radius 3 is 2.87 bits per heavy atom. The first-order chi connectivity index (χ1) is 14.9. The number of allylic oxidation sites excluding steroid dienone is 4. The normalized spacial score (nSPS) is 36.6. The van der Waals surface area contributed by atoms with Crippen molar-refractivity contribution in [3.05, 3.63) is 65.2 Å². The molecule has 2 heterocycles. The van der Waals surface area contributed by atoms with Crippen molar-refractivity contribution < 1.29 is 14.3 Å². The second-order valence-corrected chi connectivity index (χ2v) is 10.1. The molecular weight excluding hydrogens is 388 g/mol. The molecule has 1 aromatic heterocycles. The Balaban J connectivity index is 1.49. The third-order valence-electron chi connectivity index (χ3n) is 7.75. The van der Waals surface area contributed by atoms with Crippen molar-refractivity contribution in [2.24, 2.45) is 17.3 Å². The van der Waals surface area contributed by atoms with Crippen LogP contribution in [-0.4, -0.2) is 55.6 Å². The van der Waals surface area contributed by atoms with Gasteiger partial charge in [0, 0.05) is 56.1 Å².